The molecule has 0 unspecified atom stereocenters. The first-order chi connectivity index (χ1) is 11.4. The molecule has 7 nitrogen and oxygen atoms in total. The molecule has 2 rings (SSSR count). The summed E-state index contributed by atoms with van der Waals surface area (Å²) >= 11 is 2.11. The van der Waals surface area contributed by atoms with Gasteiger partial charge in [0.1, 0.15) is 5.75 Å². The number of hydrogen-bond acceptors (Lipinski definition) is 5. The van der Waals surface area contributed by atoms with Gasteiger partial charge in [0.2, 0.25) is 0 Å². The molecule has 0 fully saturated rings. The number of carbonyl (C=O) groups excluding carboxylic acids is 1. The van der Waals surface area contributed by atoms with Gasteiger partial charge >= 0.3 is 0 Å². The number of nitro groups is 1. The van der Waals surface area contributed by atoms with Gasteiger partial charge in [-0.2, -0.15) is 5.10 Å². The number of hydrazone groups is 1. The summed E-state index contributed by atoms with van der Waals surface area (Å²) in [5.41, 5.74) is 3.88. The van der Waals surface area contributed by atoms with Crippen molar-refractivity contribution in [1.82, 2.24) is 5.43 Å². The number of methoxy groups -OCH3 is 1. The first-order valence-electron chi connectivity index (χ1n) is 6.84. The second-order valence-electron chi connectivity index (χ2n) is 4.85. The van der Waals surface area contributed by atoms with E-state index in [1.54, 1.807) is 37.3 Å². The van der Waals surface area contributed by atoms with E-state index in [-0.39, 0.29) is 5.69 Å². The van der Waals surface area contributed by atoms with E-state index in [0.29, 0.717) is 22.4 Å². The van der Waals surface area contributed by atoms with Crippen LogP contribution < -0.4 is 10.2 Å². The summed E-state index contributed by atoms with van der Waals surface area (Å²) in [6.07, 6.45) is 1.36. The summed E-state index contributed by atoms with van der Waals surface area (Å²) < 4.78 is 6.06. The number of nitrogens with zero attached hydrogens (tertiary/aromatic N) is 2. The molecule has 0 bridgehead atoms. The van der Waals surface area contributed by atoms with Crippen LogP contribution in [0.5, 0.6) is 5.75 Å². The standard InChI is InChI=1S/C16H14IN3O4/c1-10-3-4-11(7-14(10)20(22)23)9-18-19-16(21)12-5-6-13(17)15(8-12)24-2/h3-9H,1-2H3,(H,19,21). The molecule has 0 atom stereocenters. The molecule has 1 amide bonds. The van der Waals surface area contributed by atoms with E-state index in [4.69, 9.17) is 4.74 Å². The zero-order valence-corrected chi connectivity index (χ0v) is 15.1. The summed E-state index contributed by atoms with van der Waals surface area (Å²) in [4.78, 5) is 22.5. The van der Waals surface area contributed by atoms with Crippen LogP contribution in [0, 0.1) is 20.6 Å². The molecule has 2 aromatic carbocycles. The fourth-order valence-electron chi connectivity index (χ4n) is 1.93. The lowest BCUT2D eigenvalue weighted by Crippen LogP contribution is -2.17. The number of benzene rings is 2. The zero-order valence-electron chi connectivity index (χ0n) is 12.9. The number of rotatable bonds is 5. The van der Waals surface area contributed by atoms with Gasteiger partial charge in [0, 0.05) is 22.8 Å². The van der Waals surface area contributed by atoms with E-state index in [0.717, 1.165) is 3.57 Å². The largest absolute Gasteiger partial charge is 0.496 e. The quantitative estimate of drug-likeness (QED) is 0.335. The zero-order chi connectivity index (χ0) is 17.7. The fourth-order valence-corrected chi connectivity index (χ4v) is 2.49. The summed E-state index contributed by atoms with van der Waals surface area (Å²) in [6.45, 7) is 1.66. The van der Waals surface area contributed by atoms with Crippen LogP contribution in [-0.2, 0) is 0 Å². The van der Waals surface area contributed by atoms with Crippen molar-refractivity contribution >= 4 is 40.4 Å². The van der Waals surface area contributed by atoms with Gasteiger partial charge in [0.15, 0.2) is 0 Å². The van der Waals surface area contributed by atoms with E-state index in [2.05, 4.69) is 33.1 Å². The number of amides is 1. The van der Waals surface area contributed by atoms with Crippen LogP contribution in [0.15, 0.2) is 41.5 Å². The molecule has 0 aliphatic rings. The molecule has 8 heteroatoms. The highest BCUT2D eigenvalue weighted by atomic mass is 127. The summed E-state index contributed by atoms with van der Waals surface area (Å²) in [5, 5.41) is 14.7. The van der Waals surface area contributed by atoms with Crippen molar-refractivity contribution in [2.45, 2.75) is 6.92 Å². The molecular formula is C16H14IN3O4. The fraction of sp³-hybridized carbons (Fsp3) is 0.125. The van der Waals surface area contributed by atoms with Gasteiger partial charge in [-0.1, -0.05) is 12.1 Å². The summed E-state index contributed by atoms with van der Waals surface area (Å²) in [5.74, 6) is 0.198. The molecule has 2 aromatic rings. The van der Waals surface area contributed by atoms with Crippen LogP contribution >= 0.6 is 22.6 Å². The minimum atomic E-state index is -0.455. The SMILES string of the molecule is COc1cc(C(=O)NN=Cc2ccc(C)c([N+](=O)[O-])c2)ccc1I. The van der Waals surface area contributed by atoms with E-state index in [1.165, 1.54) is 19.4 Å². The van der Waals surface area contributed by atoms with E-state index in [1.807, 2.05) is 0 Å². The second-order valence-corrected chi connectivity index (χ2v) is 6.01. The van der Waals surface area contributed by atoms with Crippen LogP contribution in [0.1, 0.15) is 21.5 Å². The maximum atomic E-state index is 12.1. The highest BCUT2D eigenvalue weighted by Crippen LogP contribution is 2.22. The number of nitro benzene ring substituents is 1. The first kappa shape index (κ1) is 17.9. The number of aryl methyl sites for hydroxylation is 1. The lowest BCUT2D eigenvalue weighted by Gasteiger charge is -2.05. The van der Waals surface area contributed by atoms with Crippen molar-refractivity contribution in [3.05, 3.63) is 66.8 Å². The van der Waals surface area contributed by atoms with Gasteiger partial charge in [0.25, 0.3) is 11.6 Å². The van der Waals surface area contributed by atoms with Crippen molar-refractivity contribution in [3.8, 4) is 5.75 Å². The van der Waals surface area contributed by atoms with E-state index in [9.17, 15) is 14.9 Å². The van der Waals surface area contributed by atoms with Gasteiger partial charge in [-0.25, -0.2) is 5.43 Å². The third-order valence-corrected chi connectivity index (χ3v) is 4.11. The molecule has 1 N–H and O–H groups in total. The van der Waals surface area contributed by atoms with Crippen LogP contribution in [0.4, 0.5) is 5.69 Å². The normalized spacial score (nSPS) is 10.6. The van der Waals surface area contributed by atoms with Crippen molar-refractivity contribution in [2.24, 2.45) is 5.10 Å². The van der Waals surface area contributed by atoms with Gasteiger partial charge < -0.3 is 4.74 Å². The minimum Gasteiger partial charge on any atom is -0.496 e. The number of halogens is 1. The Morgan fingerprint density at radius 3 is 2.75 bits per heavy atom. The minimum absolute atomic E-state index is 0.00708. The van der Waals surface area contributed by atoms with Gasteiger partial charge in [-0.15, -0.1) is 0 Å². The Morgan fingerprint density at radius 2 is 2.08 bits per heavy atom. The number of hydrogen-bond donors (Lipinski definition) is 1. The van der Waals surface area contributed by atoms with Crippen molar-refractivity contribution in [1.29, 1.82) is 0 Å². The van der Waals surface area contributed by atoms with E-state index < -0.39 is 10.8 Å². The third kappa shape index (κ3) is 4.28. The first-order valence-corrected chi connectivity index (χ1v) is 7.92. The highest BCUT2D eigenvalue weighted by Gasteiger charge is 2.10. The lowest BCUT2D eigenvalue weighted by molar-refractivity contribution is -0.385. The average Bonchev–Trinajstić information content (AvgIpc) is 2.56. The topological polar surface area (TPSA) is 93.8 Å². The Labute approximate surface area is 152 Å². The molecule has 0 aromatic heterocycles. The van der Waals surface area contributed by atoms with E-state index >= 15 is 0 Å². The predicted octanol–water partition coefficient (Wildman–Crippen LogP) is 3.28. The Kier molecular flexibility index (Phi) is 5.85. The smallest absolute Gasteiger partial charge is 0.272 e. The molecule has 0 aliphatic heterocycles. The number of nitrogens with one attached hydrogen (secondary N) is 1. The average molecular weight is 439 g/mol. The second kappa shape index (κ2) is 7.86. The van der Waals surface area contributed by atoms with Crippen LogP contribution in [0.2, 0.25) is 0 Å². The summed E-state index contributed by atoms with van der Waals surface area (Å²) in [7, 11) is 1.53. The molecule has 0 heterocycles. The highest BCUT2D eigenvalue weighted by molar-refractivity contribution is 14.1. The summed E-state index contributed by atoms with van der Waals surface area (Å²) in [6, 6.07) is 9.76. The Morgan fingerprint density at radius 1 is 1.33 bits per heavy atom. The molecule has 124 valence electrons. The Hall–Kier alpha value is -2.49. The van der Waals surface area contributed by atoms with Gasteiger partial charge in [-0.05, 0) is 47.7 Å². The number of carbonyl (C=O) groups is 1. The van der Waals surface area contributed by atoms with Crippen molar-refractivity contribution in [2.75, 3.05) is 7.11 Å². The van der Waals surface area contributed by atoms with Crippen LogP contribution in [-0.4, -0.2) is 24.2 Å². The Balaban J connectivity index is 2.10. The predicted molar refractivity (Wildman–Crippen MR) is 98.6 cm³/mol. The van der Waals surface area contributed by atoms with Crippen LogP contribution in [0.3, 0.4) is 0 Å². The Bertz CT molecular complexity index is 821. The maximum Gasteiger partial charge on any atom is 0.272 e. The molecule has 24 heavy (non-hydrogen) atoms. The molecule has 0 spiro atoms. The molecule has 0 saturated heterocycles. The molecular weight excluding hydrogens is 425 g/mol. The monoisotopic (exact) mass is 439 g/mol. The lowest BCUT2D eigenvalue weighted by atomic mass is 10.1. The number of ether oxygens (including phenoxy) is 1. The maximum absolute atomic E-state index is 12.1. The molecule has 0 radical (unpaired) electrons. The van der Waals surface area contributed by atoms with Crippen LogP contribution in [0.25, 0.3) is 0 Å². The molecule has 0 saturated carbocycles. The third-order valence-electron chi connectivity index (χ3n) is 3.22. The van der Waals surface area contributed by atoms with Crippen molar-refractivity contribution in [3.63, 3.8) is 0 Å². The van der Waals surface area contributed by atoms with Crippen molar-refractivity contribution < 1.29 is 14.5 Å². The van der Waals surface area contributed by atoms with Gasteiger partial charge in [0.05, 0.1) is 21.8 Å². The van der Waals surface area contributed by atoms with Gasteiger partial charge in [-0.3, -0.25) is 14.9 Å². The molecule has 0 aliphatic carbocycles.